The smallest absolute Gasteiger partial charge is 0.258 e. The molecule has 0 radical (unpaired) electrons. The van der Waals surface area contributed by atoms with Gasteiger partial charge in [0.05, 0.1) is 17.8 Å². The summed E-state index contributed by atoms with van der Waals surface area (Å²) < 4.78 is 0. The zero-order valence-electron chi connectivity index (χ0n) is 18.3. The Morgan fingerprint density at radius 2 is 1.87 bits per heavy atom. The molecule has 0 saturated carbocycles. The van der Waals surface area contributed by atoms with Crippen molar-refractivity contribution in [3.05, 3.63) is 29.8 Å². The highest BCUT2D eigenvalue weighted by Gasteiger charge is 2.53. The lowest BCUT2D eigenvalue weighted by Crippen LogP contribution is -2.64. The highest BCUT2D eigenvalue weighted by molar-refractivity contribution is 6.11. The number of hydrogen-bond donors (Lipinski definition) is 1. The molecule has 4 amide bonds. The van der Waals surface area contributed by atoms with Crippen LogP contribution >= 0.6 is 0 Å². The van der Waals surface area contributed by atoms with E-state index in [0.717, 1.165) is 0 Å². The van der Waals surface area contributed by atoms with Gasteiger partial charge in [-0.05, 0) is 53.2 Å². The molecule has 0 spiro atoms. The largest absolute Gasteiger partial charge is 0.350 e. The van der Waals surface area contributed by atoms with Gasteiger partial charge in [-0.3, -0.25) is 24.1 Å². The van der Waals surface area contributed by atoms with Gasteiger partial charge in [-0.15, -0.1) is 0 Å². The van der Waals surface area contributed by atoms with Crippen molar-refractivity contribution in [3.63, 3.8) is 0 Å². The predicted octanol–water partition coefficient (Wildman–Crippen LogP) is 1.75. The van der Waals surface area contributed by atoms with Crippen LogP contribution in [0.4, 0.5) is 5.69 Å². The molecule has 2 heterocycles. The summed E-state index contributed by atoms with van der Waals surface area (Å²) in [6, 6.07) is 6.98. The van der Waals surface area contributed by atoms with E-state index >= 15 is 0 Å². The zero-order chi connectivity index (χ0) is 22.3. The van der Waals surface area contributed by atoms with Gasteiger partial charge in [0.15, 0.2) is 0 Å². The summed E-state index contributed by atoms with van der Waals surface area (Å²) in [6.07, 6.45) is 0.768. The second-order valence-corrected chi connectivity index (χ2v) is 9.06. The van der Waals surface area contributed by atoms with Crippen LogP contribution in [0.5, 0.6) is 0 Å². The molecule has 0 bridgehead atoms. The lowest BCUT2D eigenvalue weighted by atomic mass is 9.98. The number of para-hydroxylation sites is 1. The average Bonchev–Trinajstić information content (AvgIpc) is 2.97. The molecule has 1 saturated heterocycles. The van der Waals surface area contributed by atoms with Crippen molar-refractivity contribution < 1.29 is 19.2 Å². The average molecular weight is 415 g/mol. The second-order valence-electron chi connectivity index (χ2n) is 9.06. The normalized spacial score (nSPS) is 20.7. The molecular weight excluding hydrogens is 384 g/mol. The van der Waals surface area contributed by atoms with Crippen LogP contribution in [0, 0.1) is 0 Å². The summed E-state index contributed by atoms with van der Waals surface area (Å²) in [4.78, 5) is 55.8. The first kappa shape index (κ1) is 21.8. The Morgan fingerprint density at radius 3 is 2.50 bits per heavy atom. The first-order chi connectivity index (χ1) is 14.0. The summed E-state index contributed by atoms with van der Waals surface area (Å²) in [7, 11) is 0. The maximum Gasteiger partial charge on any atom is 0.258 e. The first-order valence-electron chi connectivity index (χ1n) is 10.3. The van der Waals surface area contributed by atoms with Crippen molar-refractivity contribution in [3.8, 4) is 0 Å². The van der Waals surface area contributed by atoms with Gasteiger partial charge in [0.2, 0.25) is 17.7 Å². The number of amides is 4. The van der Waals surface area contributed by atoms with E-state index in [0.29, 0.717) is 30.6 Å². The molecule has 0 aliphatic carbocycles. The number of hydrogen-bond acceptors (Lipinski definition) is 4. The van der Waals surface area contributed by atoms with E-state index in [9.17, 15) is 19.2 Å². The highest BCUT2D eigenvalue weighted by Crippen LogP contribution is 2.43. The minimum absolute atomic E-state index is 0.0631. The van der Waals surface area contributed by atoms with Crippen LogP contribution in [-0.2, 0) is 14.4 Å². The number of carbonyl (C=O) groups excluding carboxylic acids is 4. The lowest BCUT2D eigenvalue weighted by Gasteiger charge is -2.48. The van der Waals surface area contributed by atoms with Gasteiger partial charge < -0.3 is 15.1 Å². The van der Waals surface area contributed by atoms with Gasteiger partial charge in [0.1, 0.15) is 12.2 Å². The van der Waals surface area contributed by atoms with E-state index in [1.165, 1.54) is 9.80 Å². The van der Waals surface area contributed by atoms with Gasteiger partial charge >= 0.3 is 0 Å². The number of nitrogens with one attached hydrogen (secondary N) is 1. The Balaban J connectivity index is 1.84. The molecule has 3 rings (SSSR count). The van der Waals surface area contributed by atoms with E-state index in [-0.39, 0.29) is 36.7 Å². The number of likely N-dealkylation sites (N-methyl/N-ethyl adjacent to an activating group) is 1. The first-order valence-corrected chi connectivity index (χ1v) is 10.3. The van der Waals surface area contributed by atoms with Gasteiger partial charge in [0.25, 0.3) is 5.91 Å². The molecule has 1 aromatic carbocycles. The standard InChI is InChI=1S/C22H30N4O4/c1-6-24(13-17(27)23-21(2,3)4)19(29)14-25-20(30)15-9-7-8-10-16(15)26-18(28)11-12-22(25,26)5/h7-10H,6,11-14H2,1-5H3,(H,23,27). The maximum atomic E-state index is 13.3. The van der Waals surface area contributed by atoms with Gasteiger partial charge in [0, 0.05) is 18.5 Å². The zero-order valence-corrected chi connectivity index (χ0v) is 18.3. The molecule has 2 aliphatic heterocycles. The van der Waals surface area contributed by atoms with E-state index in [1.54, 1.807) is 36.1 Å². The van der Waals surface area contributed by atoms with Crippen LogP contribution in [0.1, 0.15) is 57.8 Å². The van der Waals surface area contributed by atoms with Crippen molar-refractivity contribution in [1.29, 1.82) is 0 Å². The fraction of sp³-hybridized carbons (Fsp3) is 0.545. The number of carbonyl (C=O) groups is 4. The van der Waals surface area contributed by atoms with Crippen molar-refractivity contribution in [2.24, 2.45) is 0 Å². The maximum absolute atomic E-state index is 13.3. The molecule has 2 aliphatic rings. The topological polar surface area (TPSA) is 90.0 Å². The summed E-state index contributed by atoms with van der Waals surface area (Å²) in [5, 5.41) is 2.85. The fourth-order valence-corrected chi connectivity index (χ4v) is 4.18. The monoisotopic (exact) mass is 414 g/mol. The number of fused-ring (bicyclic) bond motifs is 3. The molecule has 162 valence electrons. The minimum atomic E-state index is -0.898. The SMILES string of the molecule is CCN(CC(=O)NC(C)(C)C)C(=O)CN1C(=O)c2ccccc2N2C(=O)CCC12C. The number of anilines is 1. The quantitative estimate of drug-likeness (QED) is 0.795. The minimum Gasteiger partial charge on any atom is -0.350 e. The Labute approximate surface area is 177 Å². The number of rotatable bonds is 5. The molecule has 8 heteroatoms. The summed E-state index contributed by atoms with van der Waals surface area (Å²) >= 11 is 0. The van der Waals surface area contributed by atoms with Crippen molar-refractivity contribution in [1.82, 2.24) is 15.1 Å². The molecule has 1 atom stereocenters. The third-order valence-corrected chi connectivity index (χ3v) is 5.62. The summed E-state index contributed by atoms with van der Waals surface area (Å²) in [5.74, 6) is -0.916. The molecule has 1 aromatic rings. The Kier molecular flexibility index (Phi) is 5.62. The van der Waals surface area contributed by atoms with Crippen molar-refractivity contribution in [2.75, 3.05) is 24.5 Å². The molecule has 1 fully saturated rings. The van der Waals surface area contributed by atoms with E-state index in [1.807, 2.05) is 27.7 Å². The highest BCUT2D eigenvalue weighted by atomic mass is 16.2. The van der Waals surface area contributed by atoms with Crippen LogP contribution in [-0.4, -0.2) is 64.3 Å². The van der Waals surface area contributed by atoms with E-state index in [4.69, 9.17) is 0 Å². The Bertz CT molecular complexity index is 891. The Hall–Kier alpha value is -2.90. The fourth-order valence-electron chi connectivity index (χ4n) is 4.18. The van der Waals surface area contributed by atoms with Gasteiger partial charge in [-0.1, -0.05) is 12.1 Å². The van der Waals surface area contributed by atoms with E-state index < -0.39 is 11.2 Å². The van der Waals surface area contributed by atoms with Gasteiger partial charge in [-0.2, -0.15) is 0 Å². The third-order valence-electron chi connectivity index (χ3n) is 5.62. The summed E-state index contributed by atoms with van der Waals surface area (Å²) in [6.45, 7) is 9.31. The molecule has 1 unspecified atom stereocenters. The molecule has 8 nitrogen and oxygen atoms in total. The molecule has 30 heavy (non-hydrogen) atoms. The molecule has 1 N–H and O–H groups in total. The number of nitrogens with zero attached hydrogens (tertiary/aromatic N) is 3. The molecule has 0 aromatic heterocycles. The van der Waals surface area contributed by atoms with Crippen molar-refractivity contribution >= 4 is 29.3 Å². The van der Waals surface area contributed by atoms with Crippen molar-refractivity contribution in [2.45, 2.75) is 58.7 Å². The third kappa shape index (κ3) is 3.91. The lowest BCUT2D eigenvalue weighted by molar-refractivity contribution is -0.137. The second kappa shape index (κ2) is 7.74. The number of benzene rings is 1. The van der Waals surface area contributed by atoms with Crippen LogP contribution in [0.2, 0.25) is 0 Å². The predicted molar refractivity (Wildman–Crippen MR) is 113 cm³/mol. The van der Waals surface area contributed by atoms with E-state index in [2.05, 4.69) is 5.32 Å². The molecular formula is C22H30N4O4. The summed E-state index contributed by atoms with van der Waals surface area (Å²) in [5.41, 5.74) is -0.296. The van der Waals surface area contributed by atoms with Crippen LogP contribution in [0.3, 0.4) is 0 Å². The van der Waals surface area contributed by atoms with Crippen LogP contribution in [0.15, 0.2) is 24.3 Å². The van der Waals surface area contributed by atoms with Crippen LogP contribution < -0.4 is 10.2 Å². The van der Waals surface area contributed by atoms with Gasteiger partial charge in [-0.25, -0.2) is 0 Å². The Morgan fingerprint density at radius 1 is 1.20 bits per heavy atom. The van der Waals surface area contributed by atoms with Crippen LogP contribution in [0.25, 0.3) is 0 Å².